The number of carbonyl (C=O) groups excluding carboxylic acids is 3. The van der Waals surface area contributed by atoms with Gasteiger partial charge in [-0.1, -0.05) is 20.8 Å². The third-order valence-electron chi connectivity index (χ3n) is 4.76. The number of amides is 2. The summed E-state index contributed by atoms with van der Waals surface area (Å²) in [5.41, 5.74) is -0.172. The lowest BCUT2D eigenvalue weighted by molar-refractivity contribution is -0.384. The molecular formula is C20H27N3O6. The van der Waals surface area contributed by atoms with Gasteiger partial charge in [-0.2, -0.15) is 0 Å². The number of piperidine rings is 1. The average Bonchev–Trinajstić information content (AvgIpc) is 2.67. The van der Waals surface area contributed by atoms with Crippen LogP contribution in [0, 0.1) is 21.4 Å². The van der Waals surface area contributed by atoms with E-state index in [1.54, 1.807) is 4.90 Å². The maximum Gasteiger partial charge on any atom is 0.309 e. The molecule has 0 aromatic heterocycles. The highest BCUT2D eigenvalue weighted by Crippen LogP contribution is 2.24. The molecule has 1 unspecified atom stereocenters. The van der Waals surface area contributed by atoms with Crippen molar-refractivity contribution < 1.29 is 24.0 Å². The number of rotatable bonds is 5. The molecule has 9 nitrogen and oxygen atoms in total. The third kappa shape index (κ3) is 6.00. The van der Waals surface area contributed by atoms with Crippen molar-refractivity contribution >= 4 is 29.2 Å². The first-order valence-electron chi connectivity index (χ1n) is 9.54. The number of ether oxygens (including phenoxy) is 1. The number of nitro groups is 1. The Balaban J connectivity index is 1.83. The Bertz CT molecular complexity index is 776. The van der Waals surface area contributed by atoms with Crippen LogP contribution in [0.2, 0.25) is 0 Å². The summed E-state index contributed by atoms with van der Waals surface area (Å²) in [6.45, 7) is 8.03. The smallest absolute Gasteiger partial charge is 0.309 e. The van der Waals surface area contributed by atoms with E-state index in [4.69, 9.17) is 4.74 Å². The first-order valence-corrected chi connectivity index (χ1v) is 9.54. The van der Waals surface area contributed by atoms with Gasteiger partial charge in [0.1, 0.15) is 0 Å². The fourth-order valence-corrected chi connectivity index (χ4v) is 3.03. The van der Waals surface area contributed by atoms with Crippen LogP contribution in [0.3, 0.4) is 0 Å². The number of nitrogens with one attached hydrogen (secondary N) is 1. The zero-order valence-corrected chi connectivity index (χ0v) is 17.1. The van der Waals surface area contributed by atoms with Crippen LogP contribution in [0.5, 0.6) is 0 Å². The fourth-order valence-electron chi connectivity index (χ4n) is 3.03. The molecule has 0 bridgehead atoms. The predicted molar refractivity (Wildman–Crippen MR) is 106 cm³/mol. The molecule has 1 saturated heterocycles. The molecule has 0 saturated carbocycles. The number of hydrogen-bond acceptors (Lipinski definition) is 6. The van der Waals surface area contributed by atoms with Crippen molar-refractivity contribution in [2.24, 2.45) is 11.3 Å². The summed E-state index contributed by atoms with van der Waals surface area (Å²) in [6.07, 6.45) is -0.0127. The Labute approximate surface area is 169 Å². The summed E-state index contributed by atoms with van der Waals surface area (Å²) < 4.78 is 5.29. The summed E-state index contributed by atoms with van der Waals surface area (Å²) in [5.74, 6) is -1.28. The number of hydrogen-bond donors (Lipinski definition) is 1. The lowest BCUT2D eigenvalue weighted by Crippen LogP contribution is -2.45. The number of nitrogens with zero attached hydrogens (tertiary/aromatic N) is 2. The number of nitro benzene ring substituents is 1. The van der Waals surface area contributed by atoms with Crippen LogP contribution in [0.15, 0.2) is 24.3 Å². The molecule has 1 fully saturated rings. The quantitative estimate of drug-likeness (QED) is 0.457. The Morgan fingerprint density at radius 3 is 2.21 bits per heavy atom. The Kier molecular flexibility index (Phi) is 6.94. The van der Waals surface area contributed by atoms with Gasteiger partial charge in [0.25, 0.3) is 11.6 Å². The molecule has 1 aromatic carbocycles. The summed E-state index contributed by atoms with van der Waals surface area (Å²) >= 11 is 0. The Morgan fingerprint density at radius 1 is 1.17 bits per heavy atom. The molecule has 29 heavy (non-hydrogen) atoms. The van der Waals surface area contributed by atoms with E-state index in [0.717, 1.165) is 0 Å². The summed E-state index contributed by atoms with van der Waals surface area (Å²) in [4.78, 5) is 48.8. The van der Waals surface area contributed by atoms with E-state index < -0.39 is 28.3 Å². The SMILES string of the molecule is CC(OC(=O)C1CCN(C(=O)C(C)(C)C)CC1)C(=O)Nc1ccc([N+](=O)[O-])cc1. The third-order valence-corrected chi connectivity index (χ3v) is 4.76. The number of likely N-dealkylation sites (tertiary alicyclic amines) is 1. The molecule has 1 aromatic rings. The van der Waals surface area contributed by atoms with Crippen LogP contribution >= 0.6 is 0 Å². The minimum Gasteiger partial charge on any atom is -0.452 e. The molecule has 158 valence electrons. The lowest BCUT2D eigenvalue weighted by atomic mass is 9.91. The van der Waals surface area contributed by atoms with E-state index >= 15 is 0 Å². The van der Waals surface area contributed by atoms with Gasteiger partial charge in [-0.3, -0.25) is 24.5 Å². The van der Waals surface area contributed by atoms with E-state index in [2.05, 4.69) is 5.32 Å². The second-order valence-corrected chi connectivity index (χ2v) is 8.19. The molecule has 2 amide bonds. The van der Waals surface area contributed by atoms with Crippen LogP contribution < -0.4 is 5.32 Å². The highest BCUT2D eigenvalue weighted by Gasteiger charge is 2.33. The van der Waals surface area contributed by atoms with Crippen molar-refractivity contribution in [2.75, 3.05) is 18.4 Å². The Hall–Kier alpha value is -2.97. The minimum absolute atomic E-state index is 0.0557. The molecule has 0 spiro atoms. The van der Waals surface area contributed by atoms with Crippen LogP contribution in [0.4, 0.5) is 11.4 Å². The first-order chi connectivity index (χ1) is 13.5. The number of esters is 1. The van der Waals surface area contributed by atoms with Crippen LogP contribution in [-0.4, -0.2) is 46.8 Å². The van der Waals surface area contributed by atoms with Gasteiger partial charge in [0.2, 0.25) is 5.91 Å². The standard InChI is InChI=1S/C20H27N3O6/c1-13(17(24)21-15-5-7-16(8-6-15)23(27)28)29-18(25)14-9-11-22(12-10-14)19(26)20(2,3)4/h5-8,13-14H,9-12H2,1-4H3,(H,21,24). The largest absolute Gasteiger partial charge is 0.452 e. The van der Waals surface area contributed by atoms with E-state index in [-0.39, 0.29) is 17.5 Å². The van der Waals surface area contributed by atoms with E-state index in [1.807, 2.05) is 20.8 Å². The molecule has 1 N–H and O–H groups in total. The van der Waals surface area contributed by atoms with Crippen LogP contribution in [0.25, 0.3) is 0 Å². The van der Waals surface area contributed by atoms with Crippen molar-refractivity contribution in [1.29, 1.82) is 0 Å². The normalized spacial score (nSPS) is 16.1. The molecule has 0 aliphatic carbocycles. The summed E-state index contributed by atoms with van der Waals surface area (Å²) in [7, 11) is 0. The minimum atomic E-state index is -1.01. The van der Waals surface area contributed by atoms with Gasteiger partial charge in [-0.05, 0) is 31.9 Å². The molecule has 1 aliphatic heterocycles. The average molecular weight is 405 g/mol. The zero-order valence-electron chi connectivity index (χ0n) is 17.1. The monoisotopic (exact) mass is 405 g/mol. The molecule has 1 aliphatic rings. The maximum absolute atomic E-state index is 12.4. The molecule has 1 atom stereocenters. The highest BCUT2D eigenvalue weighted by molar-refractivity contribution is 5.95. The molecule has 1 heterocycles. The predicted octanol–water partition coefficient (Wildman–Crippen LogP) is 2.75. The molecule has 9 heteroatoms. The second kappa shape index (κ2) is 9.02. The molecule has 0 radical (unpaired) electrons. The molecular weight excluding hydrogens is 378 g/mol. The van der Waals surface area contributed by atoms with Crippen molar-refractivity contribution in [1.82, 2.24) is 4.90 Å². The fraction of sp³-hybridized carbons (Fsp3) is 0.550. The lowest BCUT2D eigenvalue weighted by Gasteiger charge is -2.35. The van der Waals surface area contributed by atoms with Crippen LogP contribution in [-0.2, 0) is 19.1 Å². The number of non-ortho nitro benzene ring substituents is 1. The zero-order chi connectivity index (χ0) is 21.8. The number of benzene rings is 1. The van der Waals surface area contributed by atoms with Gasteiger partial charge in [0.15, 0.2) is 6.10 Å². The van der Waals surface area contributed by atoms with Gasteiger partial charge in [0.05, 0.1) is 10.8 Å². The van der Waals surface area contributed by atoms with Gasteiger partial charge >= 0.3 is 5.97 Å². The number of carbonyl (C=O) groups is 3. The van der Waals surface area contributed by atoms with Crippen molar-refractivity contribution in [2.45, 2.75) is 46.6 Å². The second-order valence-electron chi connectivity index (χ2n) is 8.19. The Morgan fingerprint density at radius 2 is 1.72 bits per heavy atom. The molecule has 2 rings (SSSR count). The maximum atomic E-state index is 12.4. The van der Waals surface area contributed by atoms with E-state index in [1.165, 1.54) is 31.2 Å². The number of anilines is 1. The van der Waals surface area contributed by atoms with Gasteiger partial charge in [0, 0.05) is 36.3 Å². The highest BCUT2D eigenvalue weighted by atomic mass is 16.6. The van der Waals surface area contributed by atoms with E-state index in [0.29, 0.717) is 31.6 Å². The topological polar surface area (TPSA) is 119 Å². The summed E-state index contributed by atoms with van der Waals surface area (Å²) in [5, 5.41) is 13.2. The summed E-state index contributed by atoms with van der Waals surface area (Å²) in [6, 6.07) is 5.37. The van der Waals surface area contributed by atoms with Crippen molar-refractivity contribution in [3.05, 3.63) is 34.4 Å². The van der Waals surface area contributed by atoms with E-state index in [9.17, 15) is 24.5 Å². The first kappa shape index (κ1) is 22.3. The van der Waals surface area contributed by atoms with Gasteiger partial charge < -0.3 is 15.0 Å². The van der Waals surface area contributed by atoms with Gasteiger partial charge in [-0.25, -0.2) is 0 Å². The van der Waals surface area contributed by atoms with Crippen molar-refractivity contribution in [3.8, 4) is 0 Å². The van der Waals surface area contributed by atoms with Crippen molar-refractivity contribution in [3.63, 3.8) is 0 Å². The van der Waals surface area contributed by atoms with Crippen LogP contribution in [0.1, 0.15) is 40.5 Å². The van der Waals surface area contributed by atoms with Gasteiger partial charge in [-0.15, -0.1) is 0 Å².